The lowest BCUT2D eigenvalue weighted by Gasteiger charge is -2.41. The summed E-state index contributed by atoms with van der Waals surface area (Å²) in [6, 6.07) is 0. The number of aliphatic hydroxyl groups is 1. The number of likely N-dealkylation sites (tertiary alicyclic amines) is 1. The average molecular weight is 249 g/mol. The summed E-state index contributed by atoms with van der Waals surface area (Å²) >= 11 is 0. The number of halogens is 2. The molecule has 0 spiro atoms. The molecule has 96 valence electrons. The van der Waals surface area contributed by atoms with Gasteiger partial charge in [-0.1, -0.05) is 6.58 Å². The minimum atomic E-state index is -4.28. The second-order valence-electron chi connectivity index (χ2n) is 3.98. The first-order valence-electron chi connectivity index (χ1n) is 4.99. The quantitative estimate of drug-likeness (QED) is 0.703. The van der Waals surface area contributed by atoms with Crippen molar-refractivity contribution in [1.29, 1.82) is 0 Å². The number of hydrogen-bond acceptors (Lipinski definition) is 3. The Balaban J connectivity index is 2.94. The van der Waals surface area contributed by atoms with E-state index < -0.39 is 29.9 Å². The fourth-order valence-electron chi connectivity index (χ4n) is 1.81. The number of hydrogen-bond donors (Lipinski definition) is 2. The van der Waals surface area contributed by atoms with Crippen LogP contribution in [0.5, 0.6) is 0 Å². The van der Waals surface area contributed by atoms with Crippen molar-refractivity contribution >= 4 is 11.9 Å². The molecule has 1 saturated heterocycles. The molecular formula is C10H13F2NO4. The van der Waals surface area contributed by atoms with E-state index in [1.165, 1.54) is 0 Å². The molecule has 0 bridgehead atoms. The minimum Gasteiger partial charge on any atom is -0.477 e. The molecule has 0 radical (unpaired) electrons. The number of carboxylic acid groups (broad SMARTS) is 1. The maximum absolute atomic E-state index is 13.3. The highest BCUT2D eigenvalue weighted by Crippen LogP contribution is 2.36. The Morgan fingerprint density at radius 1 is 1.47 bits per heavy atom. The largest absolute Gasteiger partial charge is 0.477 e. The van der Waals surface area contributed by atoms with E-state index in [0.29, 0.717) is 0 Å². The predicted molar refractivity (Wildman–Crippen MR) is 53.5 cm³/mol. The molecule has 1 amide bonds. The van der Waals surface area contributed by atoms with Gasteiger partial charge in [0.15, 0.2) is 5.60 Å². The number of nitrogens with zero attached hydrogens (tertiary/aromatic N) is 1. The van der Waals surface area contributed by atoms with Gasteiger partial charge in [-0.2, -0.15) is 8.78 Å². The van der Waals surface area contributed by atoms with E-state index in [1.807, 2.05) is 0 Å². The van der Waals surface area contributed by atoms with Crippen molar-refractivity contribution in [2.24, 2.45) is 0 Å². The maximum Gasteiger partial charge on any atom is 0.377 e. The second kappa shape index (κ2) is 4.40. The third kappa shape index (κ3) is 2.28. The topological polar surface area (TPSA) is 77.8 Å². The van der Waals surface area contributed by atoms with E-state index in [4.69, 9.17) is 5.11 Å². The summed E-state index contributed by atoms with van der Waals surface area (Å²) in [5, 5.41) is 18.1. The van der Waals surface area contributed by atoms with Crippen LogP contribution in [0.4, 0.5) is 8.78 Å². The van der Waals surface area contributed by atoms with E-state index in [0.717, 1.165) is 11.0 Å². The van der Waals surface area contributed by atoms with Crippen molar-refractivity contribution in [2.45, 2.75) is 24.4 Å². The van der Waals surface area contributed by atoms with Crippen molar-refractivity contribution in [2.75, 3.05) is 13.1 Å². The zero-order chi connectivity index (χ0) is 13.3. The summed E-state index contributed by atoms with van der Waals surface area (Å²) in [6.07, 6.45) is 0.677. The summed E-state index contributed by atoms with van der Waals surface area (Å²) in [6.45, 7) is 2.69. The lowest BCUT2D eigenvalue weighted by molar-refractivity contribution is -0.219. The van der Waals surface area contributed by atoms with Gasteiger partial charge in [0, 0.05) is 6.54 Å². The molecule has 1 fully saturated rings. The maximum atomic E-state index is 13.3. The molecule has 0 aliphatic carbocycles. The predicted octanol–water partition coefficient (Wildman–Crippen LogP) is 0.246. The van der Waals surface area contributed by atoms with Gasteiger partial charge in [-0.15, -0.1) is 0 Å². The van der Waals surface area contributed by atoms with Gasteiger partial charge in [0.05, 0.1) is 6.54 Å². The molecule has 1 aliphatic rings. The summed E-state index contributed by atoms with van der Waals surface area (Å²) < 4.78 is 26.7. The molecule has 0 aromatic heterocycles. The molecule has 0 aromatic carbocycles. The molecule has 5 nitrogen and oxygen atoms in total. The second-order valence-corrected chi connectivity index (χ2v) is 3.98. The van der Waals surface area contributed by atoms with Crippen molar-refractivity contribution in [3.05, 3.63) is 12.7 Å². The Kier molecular flexibility index (Phi) is 3.51. The molecule has 0 aromatic rings. The Morgan fingerprint density at radius 3 is 2.53 bits per heavy atom. The molecule has 7 heteroatoms. The van der Waals surface area contributed by atoms with Gasteiger partial charge < -0.3 is 15.1 Å². The zero-order valence-electron chi connectivity index (χ0n) is 9.03. The number of amides is 1. The van der Waals surface area contributed by atoms with Gasteiger partial charge in [-0.05, 0) is 18.9 Å². The molecule has 17 heavy (non-hydrogen) atoms. The van der Waals surface area contributed by atoms with Crippen LogP contribution in [-0.2, 0) is 9.59 Å². The van der Waals surface area contributed by atoms with Gasteiger partial charge in [-0.25, -0.2) is 4.79 Å². The van der Waals surface area contributed by atoms with Crippen LogP contribution in [-0.4, -0.2) is 51.6 Å². The lowest BCUT2D eigenvalue weighted by atomic mass is 9.86. The summed E-state index contributed by atoms with van der Waals surface area (Å²) in [4.78, 5) is 22.7. The van der Waals surface area contributed by atoms with Crippen LogP contribution in [0.3, 0.4) is 0 Å². The first-order chi connectivity index (χ1) is 7.74. The highest BCUT2D eigenvalue weighted by molar-refractivity contribution is 5.87. The van der Waals surface area contributed by atoms with Gasteiger partial charge in [0.1, 0.15) is 0 Å². The molecule has 1 atom stereocenters. The molecule has 2 N–H and O–H groups in total. The monoisotopic (exact) mass is 249 g/mol. The molecule has 0 saturated carbocycles. The van der Waals surface area contributed by atoms with Gasteiger partial charge in [0.25, 0.3) is 0 Å². The minimum absolute atomic E-state index is 0.110. The van der Waals surface area contributed by atoms with E-state index in [9.17, 15) is 23.5 Å². The zero-order valence-corrected chi connectivity index (χ0v) is 9.03. The number of rotatable bonds is 3. The SMILES string of the molecule is C=CC(=O)N1CCCC(O)(C(F)(F)C(=O)O)C1. The van der Waals surface area contributed by atoms with E-state index in [-0.39, 0.29) is 19.4 Å². The van der Waals surface area contributed by atoms with Gasteiger partial charge in [0.2, 0.25) is 5.91 Å². The van der Waals surface area contributed by atoms with Crippen LogP contribution in [0, 0.1) is 0 Å². The van der Waals surface area contributed by atoms with Crippen LogP contribution in [0.25, 0.3) is 0 Å². The normalized spacial score (nSPS) is 25.5. The summed E-state index contributed by atoms with van der Waals surface area (Å²) in [5.74, 6) is -7.29. The van der Waals surface area contributed by atoms with Crippen molar-refractivity contribution in [1.82, 2.24) is 4.90 Å². The molecular weight excluding hydrogens is 236 g/mol. The van der Waals surface area contributed by atoms with Crippen LogP contribution in [0.15, 0.2) is 12.7 Å². The first kappa shape index (κ1) is 13.6. The van der Waals surface area contributed by atoms with Crippen LogP contribution < -0.4 is 0 Å². The Labute approximate surface area is 96.3 Å². The molecule has 1 rings (SSSR count). The summed E-state index contributed by atoms with van der Waals surface area (Å²) in [5.41, 5.74) is -2.73. The van der Waals surface area contributed by atoms with Crippen LogP contribution in [0.2, 0.25) is 0 Å². The van der Waals surface area contributed by atoms with Crippen molar-refractivity contribution < 1.29 is 28.6 Å². The molecule has 1 heterocycles. The Morgan fingerprint density at radius 2 is 2.06 bits per heavy atom. The van der Waals surface area contributed by atoms with Crippen molar-refractivity contribution in [3.63, 3.8) is 0 Å². The van der Waals surface area contributed by atoms with E-state index in [1.54, 1.807) is 0 Å². The fraction of sp³-hybridized carbons (Fsp3) is 0.600. The number of β-amino-alcohol motifs (C(OH)–C–C–N with tert-alkyl or cyclic N) is 1. The van der Waals surface area contributed by atoms with E-state index in [2.05, 4.69) is 6.58 Å². The van der Waals surface area contributed by atoms with Gasteiger partial charge in [-0.3, -0.25) is 4.79 Å². The van der Waals surface area contributed by atoms with E-state index >= 15 is 0 Å². The molecule has 1 unspecified atom stereocenters. The Bertz CT molecular complexity index is 358. The highest BCUT2D eigenvalue weighted by atomic mass is 19.3. The number of aliphatic carboxylic acids is 1. The number of piperidine rings is 1. The third-order valence-corrected chi connectivity index (χ3v) is 2.81. The Hall–Kier alpha value is -1.50. The highest BCUT2D eigenvalue weighted by Gasteiger charge is 2.60. The van der Waals surface area contributed by atoms with Crippen molar-refractivity contribution in [3.8, 4) is 0 Å². The standard InChI is InChI=1S/C10H13F2NO4/c1-2-7(14)13-5-3-4-9(17,6-13)10(11,12)8(15)16/h2,17H,1,3-6H2,(H,15,16). The fourth-order valence-corrected chi connectivity index (χ4v) is 1.81. The van der Waals surface area contributed by atoms with Crippen LogP contribution in [0.1, 0.15) is 12.8 Å². The van der Waals surface area contributed by atoms with Crippen LogP contribution >= 0.6 is 0 Å². The average Bonchev–Trinajstić information content (AvgIpc) is 2.27. The smallest absolute Gasteiger partial charge is 0.377 e. The number of alkyl halides is 2. The number of carboxylic acids is 1. The molecule has 1 aliphatic heterocycles. The third-order valence-electron chi connectivity index (χ3n) is 2.81. The summed E-state index contributed by atoms with van der Waals surface area (Å²) in [7, 11) is 0. The lowest BCUT2D eigenvalue weighted by Crippen LogP contribution is -2.62. The van der Waals surface area contributed by atoms with Gasteiger partial charge >= 0.3 is 11.9 Å². The number of carbonyl (C=O) groups is 2. The number of carbonyl (C=O) groups excluding carboxylic acids is 1. The first-order valence-corrected chi connectivity index (χ1v) is 4.99.